The van der Waals surface area contributed by atoms with Crippen LogP contribution in [0.4, 0.5) is 0 Å². The topological polar surface area (TPSA) is 70.1 Å². The summed E-state index contributed by atoms with van der Waals surface area (Å²) in [6.45, 7) is 6.78. The Morgan fingerprint density at radius 1 is 0.465 bits per heavy atom. The first-order valence-corrected chi connectivity index (χ1v) is 31.3. The van der Waals surface area contributed by atoms with Gasteiger partial charge in [-0.15, -0.1) is 11.6 Å². The van der Waals surface area contributed by atoms with E-state index in [4.69, 9.17) is 16.3 Å². The van der Waals surface area contributed by atoms with E-state index in [2.05, 4.69) is 93.7 Å². The second-order valence-corrected chi connectivity index (χ2v) is 23.2. The van der Waals surface area contributed by atoms with Crippen molar-refractivity contribution in [1.29, 1.82) is 0 Å². The third-order valence-electron chi connectivity index (χ3n) is 15.6. The number of carbonyl (C=O) groups is 1. The third-order valence-corrected chi connectivity index (χ3v) is 16.2. The first-order valence-electron chi connectivity index (χ1n) is 30.9. The monoisotopic (exact) mass is 1010 g/mol. The first kappa shape index (κ1) is 65.4. The summed E-state index contributed by atoms with van der Waals surface area (Å²) in [5.41, 5.74) is -0.349. The maximum Gasteiger partial charge on any atom is 0.133 e. The van der Waals surface area contributed by atoms with E-state index >= 15 is 0 Å². The minimum atomic E-state index is -0.349. The number of ether oxygens (including phenoxy) is 1. The molecule has 6 unspecified atom stereocenters. The summed E-state index contributed by atoms with van der Waals surface area (Å²) in [6, 6.07) is 0. The summed E-state index contributed by atoms with van der Waals surface area (Å²) in [4.78, 5) is 10.9. The van der Waals surface area contributed by atoms with Crippen LogP contribution in [0.5, 0.6) is 0 Å². The molecule has 0 spiro atoms. The summed E-state index contributed by atoms with van der Waals surface area (Å²) in [5.74, 6) is 1.47. The number of unbranched alkanes of at least 4 members (excludes halogenated alkanes) is 9. The molecule has 7 aliphatic rings. The van der Waals surface area contributed by atoms with Crippen LogP contribution >= 0.6 is 11.6 Å². The van der Waals surface area contributed by atoms with Gasteiger partial charge in [0.1, 0.15) is 5.78 Å². The van der Waals surface area contributed by atoms with Crippen LogP contribution in [0.15, 0.2) is 72.9 Å². The molecule has 1 heterocycles. The van der Waals surface area contributed by atoms with Crippen LogP contribution in [-0.4, -0.2) is 44.8 Å². The number of fused-ring (bicyclic) bond motifs is 1. The number of hydrogen-bond acceptors (Lipinski definition) is 4. The fraction of sp³-hybridized carbons (Fsp3) is 0.803. The highest BCUT2D eigenvalue weighted by molar-refractivity contribution is 6.23. The molecule has 1 aliphatic heterocycles. The smallest absolute Gasteiger partial charge is 0.133 e. The van der Waals surface area contributed by atoms with Crippen LogP contribution in [0.1, 0.15) is 303 Å². The van der Waals surface area contributed by atoms with E-state index in [1.54, 1.807) is 0 Å². The predicted molar refractivity (Wildman–Crippen MR) is 312 cm³/mol. The number of aliphatic hydroxyl groups is 2. The van der Waals surface area contributed by atoms with E-state index in [9.17, 15) is 15.0 Å². The van der Waals surface area contributed by atoms with Crippen molar-refractivity contribution < 1.29 is 19.7 Å². The van der Waals surface area contributed by atoms with E-state index in [0.717, 1.165) is 109 Å². The molecule has 0 aromatic heterocycles. The molecule has 6 aliphatic carbocycles. The van der Waals surface area contributed by atoms with E-state index in [1.807, 2.05) is 0 Å². The van der Waals surface area contributed by atoms with Crippen molar-refractivity contribution in [2.24, 2.45) is 5.92 Å². The Balaban J connectivity index is 0.000000296. The molecule has 0 amide bonds. The SMILES string of the molecule is C1=CCCC2OC2CC1.CCCCCCC1(Cl)CC/C=C\CCC1.CCCCCCC1(O)CC/C=C\CCC1.CCCCCCC1CC/C=C\CCC1.O=C1CC/C=C\CCC1.OC1CC/C=C\CCC1. The highest BCUT2D eigenvalue weighted by atomic mass is 35.5. The average molecular weight is 1010 g/mol. The Morgan fingerprint density at radius 2 is 0.944 bits per heavy atom. The maximum atomic E-state index is 10.8. The summed E-state index contributed by atoms with van der Waals surface area (Å²) in [7, 11) is 0. The molecule has 2 N–H and O–H groups in total. The largest absolute Gasteiger partial charge is 0.393 e. The van der Waals surface area contributed by atoms with Crippen molar-refractivity contribution in [3.8, 4) is 0 Å². The highest BCUT2D eigenvalue weighted by Crippen LogP contribution is 2.36. The van der Waals surface area contributed by atoms with Gasteiger partial charge in [-0.1, -0.05) is 184 Å². The molecule has 5 heteroatoms. The normalized spacial score (nSPS) is 29.9. The van der Waals surface area contributed by atoms with Crippen molar-refractivity contribution in [2.75, 3.05) is 0 Å². The van der Waals surface area contributed by atoms with Gasteiger partial charge in [-0.2, -0.15) is 0 Å². The number of halogens is 1. The lowest BCUT2D eigenvalue weighted by molar-refractivity contribution is -0.119. The number of aliphatic hydroxyl groups excluding tert-OH is 1. The van der Waals surface area contributed by atoms with Gasteiger partial charge in [-0.25, -0.2) is 0 Å². The molecular weight excluding hydrogens is 892 g/mol. The van der Waals surface area contributed by atoms with Gasteiger partial charge >= 0.3 is 0 Å². The van der Waals surface area contributed by atoms with Gasteiger partial charge in [0.05, 0.1) is 23.9 Å². The standard InChI is InChI=1S/C14H25Cl.C14H26O.C14H26.C8H12O.C8H14O.C8H12O/c2*1-2-3-4-8-11-14(15)12-9-6-5-7-10-13-14;1-2-3-4-8-11-14-12-9-6-5-7-10-13-14;1-2-4-6-8-7(9-8)5-3-1;2*9-8-6-4-2-1-3-5-7-8/h5-6H,2-4,7-13H2,1H3;5-6,15H,2-4,7-13H2,1H3;5-6,14H,2-4,7-13H2,1H3;1-2,7-8H,3-6H2;1-2,8-9H,3-7H2;1-2H,3-7H2/b3*6-5-;;2*2-1-. The number of Topliss-reactive ketones (excluding diaryl/α,β-unsaturated/α-hetero) is 1. The van der Waals surface area contributed by atoms with Crippen LogP contribution in [0.2, 0.25) is 0 Å². The highest BCUT2D eigenvalue weighted by Gasteiger charge is 2.37. The first-order chi connectivity index (χ1) is 34.7. The Labute approximate surface area is 445 Å². The van der Waals surface area contributed by atoms with Gasteiger partial charge < -0.3 is 14.9 Å². The second kappa shape index (κ2) is 45.7. The summed E-state index contributed by atoms with van der Waals surface area (Å²) in [5, 5.41) is 19.6. The van der Waals surface area contributed by atoms with Crippen LogP contribution in [0, 0.1) is 5.92 Å². The third kappa shape index (κ3) is 39.4. The molecule has 71 heavy (non-hydrogen) atoms. The molecular formula is C66H115ClO4. The van der Waals surface area contributed by atoms with Gasteiger partial charge in [-0.05, 0) is 186 Å². The van der Waals surface area contributed by atoms with Gasteiger partial charge in [0, 0.05) is 17.7 Å². The number of ketones is 1. The van der Waals surface area contributed by atoms with Crippen LogP contribution in [0.3, 0.4) is 0 Å². The molecule has 0 radical (unpaired) electrons. The van der Waals surface area contributed by atoms with E-state index in [-0.39, 0.29) is 16.6 Å². The molecule has 4 nitrogen and oxygen atoms in total. The maximum absolute atomic E-state index is 10.8. The zero-order valence-electron chi connectivity index (χ0n) is 46.9. The van der Waals surface area contributed by atoms with E-state index in [1.165, 1.54) is 180 Å². The number of carbonyl (C=O) groups excluding carboxylic acids is 1. The van der Waals surface area contributed by atoms with Crippen LogP contribution in [-0.2, 0) is 9.53 Å². The van der Waals surface area contributed by atoms with Crippen molar-refractivity contribution >= 4 is 17.4 Å². The number of alkyl halides is 1. The van der Waals surface area contributed by atoms with Crippen molar-refractivity contribution in [2.45, 2.75) is 332 Å². The summed E-state index contributed by atoms with van der Waals surface area (Å²) in [6.07, 6.45) is 81.6. The number of epoxide rings is 1. The lowest BCUT2D eigenvalue weighted by atomic mass is 9.85. The van der Waals surface area contributed by atoms with Crippen molar-refractivity contribution in [3.63, 3.8) is 0 Å². The number of rotatable bonds is 15. The van der Waals surface area contributed by atoms with Gasteiger partial charge in [-0.3, -0.25) is 4.79 Å². The Hall–Kier alpha value is -1.72. The molecule has 0 saturated carbocycles. The van der Waals surface area contributed by atoms with Crippen LogP contribution in [0.25, 0.3) is 0 Å². The lowest BCUT2D eigenvalue weighted by Crippen LogP contribution is -2.28. The molecule has 0 aromatic rings. The Bertz CT molecular complexity index is 1350. The fourth-order valence-corrected chi connectivity index (χ4v) is 11.1. The zero-order chi connectivity index (χ0) is 51.2. The van der Waals surface area contributed by atoms with E-state index < -0.39 is 0 Å². The Morgan fingerprint density at radius 3 is 1.58 bits per heavy atom. The quantitative estimate of drug-likeness (QED) is 0.0742. The number of allylic oxidation sites excluding steroid dienone is 12. The molecule has 0 bridgehead atoms. The van der Waals surface area contributed by atoms with Crippen molar-refractivity contribution in [1.82, 2.24) is 0 Å². The summed E-state index contributed by atoms with van der Waals surface area (Å²) < 4.78 is 5.40. The second-order valence-electron chi connectivity index (χ2n) is 22.4. The number of hydrogen-bond donors (Lipinski definition) is 2. The minimum absolute atomic E-state index is 0.0325. The lowest BCUT2D eigenvalue weighted by Gasteiger charge is -2.29. The van der Waals surface area contributed by atoms with Gasteiger partial charge in [0.25, 0.3) is 0 Å². The molecule has 0 aromatic carbocycles. The van der Waals surface area contributed by atoms with Gasteiger partial charge in [0.2, 0.25) is 0 Å². The Kier molecular flexibility index (Phi) is 42.0. The average Bonchev–Trinajstić information content (AvgIpc) is 4.06. The van der Waals surface area contributed by atoms with Gasteiger partial charge in [0.15, 0.2) is 0 Å². The molecule has 1 saturated heterocycles. The molecule has 1 fully saturated rings. The van der Waals surface area contributed by atoms with Crippen LogP contribution < -0.4 is 0 Å². The fourth-order valence-electron chi connectivity index (χ4n) is 10.7. The van der Waals surface area contributed by atoms with Crippen molar-refractivity contribution in [3.05, 3.63) is 72.9 Å². The summed E-state index contributed by atoms with van der Waals surface area (Å²) >= 11 is 6.70. The molecule has 7 rings (SSSR count). The predicted octanol–water partition coefficient (Wildman–Crippen LogP) is 20.6. The molecule has 6 atom stereocenters. The molecule has 410 valence electrons. The zero-order valence-corrected chi connectivity index (χ0v) is 47.7. The minimum Gasteiger partial charge on any atom is -0.393 e. The van der Waals surface area contributed by atoms with E-state index in [0.29, 0.717) is 18.0 Å².